The van der Waals surface area contributed by atoms with Gasteiger partial charge in [-0.3, -0.25) is 15.3 Å². The first-order valence-electron chi connectivity index (χ1n) is 8.23. The second-order valence-corrected chi connectivity index (χ2v) is 6.31. The zero-order valence-corrected chi connectivity index (χ0v) is 13.7. The molecule has 0 aliphatic carbocycles. The van der Waals surface area contributed by atoms with Gasteiger partial charge in [0.15, 0.2) is 11.5 Å². The summed E-state index contributed by atoms with van der Waals surface area (Å²) < 4.78 is 1.63. The van der Waals surface area contributed by atoms with Gasteiger partial charge in [0.05, 0.1) is 5.52 Å². The number of hydrogen-bond donors (Lipinski definition) is 3. The summed E-state index contributed by atoms with van der Waals surface area (Å²) in [6.07, 6.45) is 5.56. The number of nitrogens with one attached hydrogen (secondary N) is 1. The van der Waals surface area contributed by atoms with Crippen LogP contribution < -0.4 is 10.5 Å². The molecule has 2 unspecified atom stereocenters. The molecule has 0 aromatic carbocycles. The third kappa shape index (κ3) is 3.26. The van der Waals surface area contributed by atoms with Gasteiger partial charge in [-0.25, -0.2) is 4.52 Å². The van der Waals surface area contributed by atoms with Crippen molar-refractivity contribution in [3.05, 3.63) is 24.4 Å². The van der Waals surface area contributed by atoms with Gasteiger partial charge in [0, 0.05) is 31.4 Å². The third-order valence-electron chi connectivity index (χ3n) is 4.75. The summed E-state index contributed by atoms with van der Waals surface area (Å²) in [5, 5.41) is 26.8. The Bertz CT molecular complexity index is 647. The lowest BCUT2D eigenvalue weighted by atomic mass is 9.98. The maximum Gasteiger partial charge on any atom is 0.177 e. The van der Waals surface area contributed by atoms with Crippen molar-refractivity contribution < 1.29 is 10.4 Å². The average molecular weight is 319 g/mol. The normalized spacial score (nSPS) is 22.4. The van der Waals surface area contributed by atoms with E-state index in [0.717, 1.165) is 6.54 Å². The smallest absolute Gasteiger partial charge is 0.177 e. The summed E-state index contributed by atoms with van der Waals surface area (Å²) in [4.78, 5) is 2.50. The first kappa shape index (κ1) is 16.0. The van der Waals surface area contributed by atoms with Crippen molar-refractivity contribution in [3.63, 3.8) is 0 Å². The van der Waals surface area contributed by atoms with Crippen LogP contribution in [0.1, 0.15) is 33.1 Å². The van der Waals surface area contributed by atoms with E-state index in [1.54, 1.807) is 16.8 Å². The van der Waals surface area contributed by atoms with E-state index in [0.29, 0.717) is 30.0 Å². The van der Waals surface area contributed by atoms with Gasteiger partial charge in [-0.1, -0.05) is 12.5 Å². The second-order valence-electron chi connectivity index (χ2n) is 6.31. The molecule has 0 amide bonds. The lowest BCUT2D eigenvalue weighted by molar-refractivity contribution is 0.0303. The number of fused-ring (bicyclic) bond motifs is 1. The highest BCUT2D eigenvalue weighted by atomic mass is 16.8. The minimum Gasteiger partial charge on any atom is -0.365 e. The maximum absolute atomic E-state index is 9.51. The maximum atomic E-state index is 9.51. The molecule has 1 aliphatic rings. The highest BCUT2D eigenvalue weighted by Crippen LogP contribution is 2.28. The van der Waals surface area contributed by atoms with E-state index in [1.807, 2.05) is 12.1 Å². The Labute approximate surface area is 136 Å². The van der Waals surface area contributed by atoms with E-state index in [4.69, 9.17) is 0 Å². The summed E-state index contributed by atoms with van der Waals surface area (Å²) in [6, 6.07) is 6.66. The van der Waals surface area contributed by atoms with Crippen LogP contribution in [0.3, 0.4) is 0 Å². The number of hydrogen-bond acceptors (Lipinski definition) is 6. The van der Waals surface area contributed by atoms with Gasteiger partial charge in [0.1, 0.15) is 0 Å². The van der Waals surface area contributed by atoms with Crippen molar-refractivity contribution in [3.8, 4) is 0 Å². The molecule has 2 aromatic rings. The molecule has 0 saturated carbocycles. The van der Waals surface area contributed by atoms with E-state index >= 15 is 0 Å². The van der Waals surface area contributed by atoms with E-state index < -0.39 is 0 Å². The van der Waals surface area contributed by atoms with Crippen LogP contribution in [0.25, 0.3) is 5.52 Å². The Balaban J connectivity index is 1.70. The Morgan fingerprint density at radius 2 is 2.00 bits per heavy atom. The Hall–Kier alpha value is -1.83. The topological polar surface area (TPSA) is 76.3 Å². The summed E-state index contributed by atoms with van der Waals surface area (Å²) in [5.41, 5.74) is 0.907. The highest BCUT2D eigenvalue weighted by Gasteiger charge is 2.24. The third-order valence-corrected chi connectivity index (χ3v) is 4.75. The van der Waals surface area contributed by atoms with E-state index in [-0.39, 0.29) is 10.9 Å². The van der Waals surface area contributed by atoms with E-state index in [1.165, 1.54) is 19.3 Å². The number of pyridine rings is 1. The number of anilines is 2. The van der Waals surface area contributed by atoms with Crippen LogP contribution in [0, 0.1) is 0 Å². The molecule has 2 atom stereocenters. The van der Waals surface area contributed by atoms with Crippen LogP contribution >= 0.6 is 0 Å². The first-order chi connectivity index (χ1) is 11.1. The zero-order valence-electron chi connectivity index (χ0n) is 13.7. The number of aromatic nitrogens is 2. The minimum absolute atomic E-state index is 0.136. The predicted octanol–water partition coefficient (Wildman–Crippen LogP) is 2.59. The zero-order chi connectivity index (χ0) is 16.4. The fourth-order valence-electron chi connectivity index (χ4n) is 3.52. The van der Waals surface area contributed by atoms with Crippen molar-refractivity contribution >= 4 is 17.0 Å². The van der Waals surface area contributed by atoms with Crippen molar-refractivity contribution in [2.75, 3.05) is 23.6 Å². The molecule has 0 bridgehead atoms. The van der Waals surface area contributed by atoms with Crippen LogP contribution in [0.15, 0.2) is 24.4 Å². The number of rotatable bonds is 5. The molecule has 0 spiro atoms. The molecule has 2 aromatic heterocycles. The molecule has 7 heteroatoms. The average Bonchev–Trinajstić information content (AvgIpc) is 2.88. The molecule has 3 rings (SSSR count). The molecule has 0 radical (unpaired) electrons. The van der Waals surface area contributed by atoms with Crippen LogP contribution in [0.4, 0.5) is 11.5 Å². The van der Waals surface area contributed by atoms with E-state index in [2.05, 4.69) is 29.2 Å². The van der Waals surface area contributed by atoms with Crippen LogP contribution in [0.2, 0.25) is 0 Å². The lowest BCUT2D eigenvalue weighted by Gasteiger charge is -2.39. The Morgan fingerprint density at radius 1 is 1.26 bits per heavy atom. The number of likely N-dealkylation sites (tertiary alicyclic amines) is 1. The molecule has 7 nitrogen and oxygen atoms in total. The van der Waals surface area contributed by atoms with Crippen molar-refractivity contribution in [2.24, 2.45) is 0 Å². The first-order valence-corrected chi connectivity index (χ1v) is 8.23. The quantitative estimate of drug-likeness (QED) is 0.736. The Morgan fingerprint density at radius 3 is 2.70 bits per heavy atom. The molecule has 3 N–H and O–H groups in total. The van der Waals surface area contributed by atoms with Gasteiger partial charge in [-0.05, 0) is 38.8 Å². The molecular formula is C16H25N5O2. The monoisotopic (exact) mass is 319 g/mol. The fraction of sp³-hybridized carbons (Fsp3) is 0.562. The minimum atomic E-state index is 0.136. The highest BCUT2D eigenvalue weighted by molar-refractivity contribution is 5.82. The molecule has 126 valence electrons. The van der Waals surface area contributed by atoms with Crippen LogP contribution in [-0.2, 0) is 0 Å². The van der Waals surface area contributed by atoms with E-state index in [9.17, 15) is 10.4 Å². The molecule has 1 fully saturated rings. The molecule has 3 heterocycles. The summed E-state index contributed by atoms with van der Waals surface area (Å²) >= 11 is 0. The van der Waals surface area contributed by atoms with Gasteiger partial charge in [-0.15, -0.1) is 10.3 Å². The standard InChI is InChI=1S/C16H25N5O2/c1-12-6-5-7-13(2)19(12)11-9-17-16-15(21(22)23)14-8-3-4-10-20(14)18-16/h3-4,8,10,12-13,22-23H,5-7,9,11H2,1-2H3,(H,17,18). The predicted molar refractivity (Wildman–Crippen MR) is 89.2 cm³/mol. The molecular weight excluding hydrogens is 294 g/mol. The van der Waals surface area contributed by atoms with Crippen molar-refractivity contribution in [1.29, 1.82) is 0 Å². The largest absolute Gasteiger partial charge is 0.365 e. The van der Waals surface area contributed by atoms with Crippen molar-refractivity contribution in [1.82, 2.24) is 14.5 Å². The van der Waals surface area contributed by atoms with Gasteiger partial charge in [-0.2, -0.15) is 0 Å². The Kier molecular flexibility index (Phi) is 4.70. The number of nitrogens with zero attached hydrogens (tertiary/aromatic N) is 4. The summed E-state index contributed by atoms with van der Waals surface area (Å²) in [6.45, 7) is 6.16. The van der Waals surface area contributed by atoms with Crippen LogP contribution in [0.5, 0.6) is 0 Å². The molecule has 1 aliphatic heterocycles. The number of piperidine rings is 1. The van der Waals surface area contributed by atoms with Gasteiger partial charge in [0.2, 0.25) is 0 Å². The SMILES string of the molecule is CC1CCCC(C)N1CCNc1nn2ccccc2c1N(O)O. The van der Waals surface area contributed by atoms with Gasteiger partial charge < -0.3 is 5.32 Å². The lowest BCUT2D eigenvalue weighted by Crippen LogP contribution is -2.45. The van der Waals surface area contributed by atoms with Crippen LogP contribution in [-0.4, -0.2) is 50.1 Å². The fourth-order valence-corrected chi connectivity index (χ4v) is 3.52. The molecule has 1 saturated heterocycles. The summed E-state index contributed by atoms with van der Waals surface area (Å²) in [7, 11) is 0. The second kappa shape index (κ2) is 6.74. The molecule has 23 heavy (non-hydrogen) atoms. The van der Waals surface area contributed by atoms with Gasteiger partial charge >= 0.3 is 0 Å². The van der Waals surface area contributed by atoms with Crippen molar-refractivity contribution in [2.45, 2.75) is 45.2 Å². The summed E-state index contributed by atoms with van der Waals surface area (Å²) in [5.74, 6) is 0.471. The van der Waals surface area contributed by atoms with Gasteiger partial charge in [0.25, 0.3) is 0 Å².